The van der Waals surface area contributed by atoms with Crippen LogP contribution in [0.4, 0.5) is 11.4 Å². The molecule has 4 nitrogen and oxygen atoms in total. The molecule has 2 aromatic carbocycles. The third-order valence-corrected chi connectivity index (χ3v) is 4.99. The van der Waals surface area contributed by atoms with E-state index in [2.05, 4.69) is 5.32 Å². The first-order valence-corrected chi connectivity index (χ1v) is 9.19. The monoisotopic (exact) mass is 350 g/mol. The van der Waals surface area contributed by atoms with Crippen molar-refractivity contribution in [3.63, 3.8) is 0 Å². The summed E-state index contributed by atoms with van der Waals surface area (Å²) in [4.78, 5) is 27.0. The van der Waals surface area contributed by atoms with Crippen LogP contribution in [0.25, 0.3) is 0 Å². The average Bonchev–Trinajstić information content (AvgIpc) is 2.62. The highest BCUT2D eigenvalue weighted by Gasteiger charge is 2.24. The fourth-order valence-electron chi connectivity index (χ4n) is 3.28. The third kappa shape index (κ3) is 3.64. The van der Waals surface area contributed by atoms with Crippen LogP contribution in [-0.2, 0) is 11.2 Å². The van der Waals surface area contributed by atoms with Crippen LogP contribution in [0.1, 0.15) is 47.3 Å². The van der Waals surface area contributed by atoms with Gasteiger partial charge in [0, 0.05) is 29.4 Å². The summed E-state index contributed by atoms with van der Waals surface area (Å²) in [6.45, 7) is 8.60. The number of rotatable bonds is 3. The number of amides is 2. The lowest BCUT2D eigenvalue weighted by Crippen LogP contribution is -2.38. The smallest absolute Gasteiger partial charge is 0.255 e. The van der Waals surface area contributed by atoms with Crippen LogP contribution in [-0.4, -0.2) is 18.4 Å². The highest BCUT2D eigenvalue weighted by molar-refractivity contribution is 6.05. The van der Waals surface area contributed by atoms with Crippen molar-refractivity contribution in [1.82, 2.24) is 0 Å². The second kappa shape index (κ2) is 7.32. The Bertz CT molecular complexity index is 855. The van der Waals surface area contributed by atoms with E-state index in [9.17, 15) is 9.59 Å². The minimum atomic E-state index is -0.134. The summed E-state index contributed by atoms with van der Waals surface area (Å²) in [5, 5.41) is 2.97. The van der Waals surface area contributed by atoms with Crippen molar-refractivity contribution in [2.24, 2.45) is 5.92 Å². The molecule has 0 aliphatic carbocycles. The Labute approximate surface area is 155 Å². The van der Waals surface area contributed by atoms with E-state index in [1.54, 1.807) is 0 Å². The van der Waals surface area contributed by atoms with Gasteiger partial charge < -0.3 is 10.2 Å². The average molecular weight is 350 g/mol. The van der Waals surface area contributed by atoms with Gasteiger partial charge in [0.05, 0.1) is 0 Å². The number of fused-ring (bicyclic) bond motifs is 1. The Hall–Kier alpha value is -2.62. The van der Waals surface area contributed by atoms with Gasteiger partial charge in [-0.15, -0.1) is 0 Å². The largest absolute Gasteiger partial charge is 0.322 e. The van der Waals surface area contributed by atoms with Crippen LogP contribution >= 0.6 is 0 Å². The number of carbonyl (C=O) groups excluding carboxylic acids is 2. The van der Waals surface area contributed by atoms with Crippen LogP contribution in [0.5, 0.6) is 0 Å². The molecule has 1 heterocycles. The molecule has 1 aliphatic heterocycles. The maximum Gasteiger partial charge on any atom is 0.255 e. The Kier molecular flexibility index (Phi) is 5.12. The molecule has 0 saturated carbocycles. The van der Waals surface area contributed by atoms with Crippen LogP contribution in [0, 0.1) is 19.8 Å². The fourth-order valence-corrected chi connectivity index (χ4v) is 3.28. The lowest BCUT2D eigenvalue weighted by Gasteiger charge is -2.31. The van der Waals surface area contributed by atoms with E-state index >= 15 is 0 Å². The van der Waals surface area contributed by atoms with Gasteiger partial charge in [0.15, 0.2) is 0 Å². The second-order valence-corrected chi connectivity index (χ2v) is 7.34. The van der Waals surface area contributed by atoms with Gasteiger partial charge in [-0.25, -0.2) is 0 Å². The van der Waals surface area contributed by atoms with E-state index in [1.165, 1.54) is 0 Å². The van der Waals surface area contributed by atoms with Gasteiger partial charge in [-0.1, -0.05) is 26.0 Å². The highest BCUT2D eigenvalue weighted by Crippen LogP contribution is 2.31. The molecule has 0 radical (unpaired) electrons. The van der Waals surface area contributed by atoms with Crippen molar-refractivity contribution in [2.45, 2.75) is 40.5 Å². The molecule has 3 rings (SSSR count). The minimum Gasteiger partial charge on any atom is -0.322 e. The van der Waals surface area contributed by atoms with Gasteiger partial charge >= 0.3 is 0 Å². The van der Waals surface area contributed by atoms with Gasteiger partial charge in [0.2, 0.25) is 5.91 Å². The summed E-state index contributed by atoms with van der Waals surface area (Å²) in [7, 11) is 0. The lowest BCUT2D eigenvalue weighted by molar-refractivity contribution is -0.121. The van der Waals surface area contributed by atoms with Gasteiger partial charge in [-0.2, -0.15) is 0 Å². The molecule has 1 N–H and O–H groups in total. The van der Waals surface area contributed by atoms with Gasteiger partial charge in [-0.05, 0) is 67.6 Å². The summed E-state index contributed by atoms with van der Waals surface area (Å²) in [6, 6.07) is 11.6. The quantitative estimate of drug-likeness (QED) is 0.886. The van der Waals surface area contributed by atoms with Gasteiger partial charge in [-0.3, -0.25) is 9.59 Å². The van der Waals surface area contributed by atoms with E-state index < -0.39 is 0 Å². The van der Waals surface area contributed by atoms with Gasteiger partial charge in [0.1, 0.15) is 0 Å². The SMILES string of the molecule is Cc1ccc(C(=O)Nc2ccc3c(c2)N(C(=O)C(C)C)CCC3)cc1C. The third-order valence-electron chi connectivity index (χ3n) is 4.99. The summed E-state index contributed by atoms with van der Waals surface area (Å²) >= 11 is 0. The molecule has 136 valence electrons. The van der Waals surface area contributed by atoms with E-state index in [0.29, 0.717) is 5.56 Å². The Morgan fingerprint density at radius 1 is 1.04 bits per heavy atom. The number of benzene rings is 2. The molecule has 26 heavy (non-hydrogen) atoms. The molecule has 0 atom stereocenters. The molecular weight excluding hydrogens is 324 g/mol. The predicted octanol–water partition coefficient (Wildman–Crippen LogP) is 4.49. The molecule has 0 bridgehead atoms. The number of nitrogens with one attached hydrogen (secondary N) is 1. The molecule has 0 aromatic heterocycles. The highest BCUT2D eigenvalue weighted by atomic mass is 16.2. The molecule has 1 aliphatic rings. The van der Waals surface area contributed by atoms with Crippen LogP contribution < -0.4 is 10.2 Å². The van der Waals surface area contributed by atoms with Crippen LogP contribution in [0.15, 0.2) is 36.4 Å². The van der Waals surface area contributed by atoms with Crippen molar-refractivity contribution < 1.29 is 9.59 Å². The zero-order chi connectivity index (χ0) is 18.8. The molecule has 2 aromatic rings. The maximum atomic E-state index is 12.6. The standard InChI is InChI=1S/C22H26N2O2/c1-14(2)22(26)24-11-5-6-17-9-10-19(13-20(17)24)23-21(25)18-8-7-15(3)16(4)12-18/h7-10,12-14H,5-6,11H2,1-4H3,(H,23,25). The molecule has 2 amide bonds. The van der Waals surface area contributed by atoms with Crippen molar-refractivity contribution in [1.29, 1.82) is 0 Å². The maximum absolute atomic E-state index is 12.6. The molecular formula is C22H26N2O2. The molecule has 0 fully saturated rings. The number of hydrogen-bond donors (Lipinski definition) is 1. The zero-order valence-corrected chi connectivity index (χ0v) is 15.9. The van der Waals surface area contributed by atoms with Gasteiger partial charge in [0.25, 0.3) is 5.91 Å². The number of aryl methyl sites for hydroxylation is 3. The number of nitrogens with zero attached hydrogens (tertiary/aromatic N) is 1. The number of carbonyl (C=O) groups is 2. The van der Waals surface area contributed by atoms with Crippen molar-refractivity contribution >= 4 is 23.2 Å². The van der Waals surface area contributed by atoms with Crippen molar-refractivity contribution in [3.05, 3.63) is 58.7 Å². The zero-order valence-electron chi connectivity index (χ0n) is 15.9. The summed E-state index contributed by atoms with van der Waals surface area (Å²) in [6.07, 6.45) is 1.93. The fraction of sp³-hybridized carbons (Fsp3) is 0.364. The molecule has 0 unspecified atom stereocenters. The summed E-state index contributed by atoms with van der Waals surface area (Å²) in [5.74, 6) is -0.0519. The first kappa shape index (κ1) is 18.2. The van der Waals surface area contributed by atoms with E-state index in [4.69, 9.17) is 0 Å². The topological polar surface area (TPSA) is 49.4 Å². The normalized spacial score (nSPS) is 13.5. The van der Waals surface area contributed by atoms with Crippen molar-refractivity contribution in [3.8, 4) is 0 Å². The number of anilines is 2. The van der Waals surface area contributed by atoms with Crippen molar-refractivity contribution in [2.75, 3.05) is 16.8 Å². The Morgan fingerprint density at radius 2 is 1.81 bits per heavy atom. The predicted molar refractivity (Wildman–Crippen MR) is 106 cm³/mol. The lowest BCUT2D eigenvalue weighted by atomic mass is 9.99. The molecule has 0 saturated heterocycles. The Morgan fingerprint density at radius 3 is 2.50 bits per heavy atom. The summed E-state index contributed by atoms with van der Waals surface area (Å²) < 4.78 is 0. The van der Waals surface area contributed by atoms with E-state index in [-0.39, 0.29) is 17.7 Å². The van der Waals surface area contributed by atoms with E-state index in [0.717, 1.165) is 47.5 Å². The molecule has 4 heteroatoms. The first-order valence-electron chi connectivity index (χ1n) is 9.19. The van der Waals surface area contributed by atoms with Crippen LogP contribution in [0.2, 0.25) is 0 Å². The summed E-state index contributed by atoms with van der Waals surface area (Å²) in [5.41, 5.74) is 5.70. The first-order chi connectivity index (χ1) is 12.4. The van der Waals surface area contributed by atoms with Crippen LogP contribution in [0.3, 0.4) is 0 Å². The minimum absolute atomic E-state index is 0.0465. The number of hydrogen-bond acceptors (Lipinski definition) is 2. The molecule has 0 spiro atoms. The Balaban J connectivity index is 1.85. The second-order valence-electron chi connectivity index (χ2n) is 7.34. The van der Waals surface area contributed by atoms with E-state index in [1.807, 2.05) is 69.0 Å².